The minimum absolute atomic E-state index is 0.947. The molecule has 0 fully saturated rings. The molecule has 234 valence electrons. The normalized spacial score (nSPS) is 13.0. The summed E-state index contributed by atoms with van der Waals surface area (Å²) in [7, 11) is 0. The van der Waals surface area contributed by atoms with E-state index in [9.17, 15) is 0 Å². The molecule has 0 unspecified atom stereocenters. The molecule has 11 rings (SSSR count). The molecule has 0 amide bonds. The Hall–Kier alpha value is -6.03. The van der Waals surface area contributed by atoms with Gasteiger partial charge in [0.2, 0.25) is 0 Å². The second kappa shape index (κ2) is 10.7. The third kappa shape index (κ3) is 4.11. The van der Waals surface area contributed by atoms with Crippen molar-refractivity contribution in [2.45, 2.75) is 12.8 Å². The molecule has 0 radical (unpaired) electrons. The lowest BCUT2D eigenvalue weighted by Crippen LogP contribution is -1.97. The predicted octanol–water partition coefficient (Wildman–Crippen LogP) is 13.1. The first-order valence-electron chi connectivity index (χ1n) is 17.3. The van der Waals surface area contributed by atoms with Crippen LogP contribution in [0.25, 0.3) is 97.7 Å². The lowest BCUT2D eigenvalue weighted by Gasteiger charge is -2.18. The van der Waals surface area contributed by atoms with Gasteiger partial charge in [-0.2, -0.15) is 0 Å². The molecule has 3 aromatic heterocycles. The number of rotatable bonds is 3. The van der Waals surface area contributed by atoms with Crippen LogP contribution < -0.4 is 0 Å². The highest BCUT2D eigenvalue weighted by Gasteiger charge is 2.17. The molecule has 3 heteroatoms. The Bertz CT molecular complexity index is 2990. The van der Waals surface area contributed by atoms with Crippen LogP contribution in [0, 0.1) is 0 Å². The fraction of sp³-hybridized carbons (Fsp3) is 0.0426. The van der Waals surface area contributed by atoms with E-state index in [4.69, 9.17) is 4.98 Å². The summed E-state index contributed by atoms with van der Waals surface area (Å²) < 4.78 is 4.79. The molecule has 0 aliphatic heterocycles. The van der Waals surface area contributed by atoms with E-state index in [1.165, 1.54) is 96.9 Å². The minimum Gasteiger partial charge on any atom is -0.294 e. The van der Waals surface area contributed by atoms with Crippen molar-refractivity contribution >= 4 is 80.9 Å². The molecule has 0 saturated heterocycles. The van der Waals surface area contributed by atoms with Crippen molar-refractivity contribution < 1.29 is 0 Å². The third-order valence-electron chi connectivity index (χ3n) is 10.7. The van der Waals surface area contributed by atoms with E-state index in [1.807, 2.05) is 11.3 Å². The van der Waals surface area contributed by atoms with Crippen molar-refractivity contribution in [1.29, 1.82) is 0 Å². The largest absolute Gasteiger partial charge is 0.294 e. The van der Waals surface area contributed by atoms with Gasteiger partial charge in [0.05, 0.1) is 15.7 Å². The SMILES string of the molecule is C1=Cc2c(c3ccccc3c3cc(-c4cccc(-c5ccc6sc7cnc(-n8c9ccccc9c9ccccc98)cc7c6c5)c4)ccc23)CC1. The average Bonchev–Trinajstić information content (AvgIpc) is 3.73. The van der Waals surface area contributed by atoms with Gasteiger partial charge in [0, 0.05) is 32.4 Å². The summed E-state index contributed by atoms with van der Waals surface area (Å²) >= 11 is 1.81. The summed E-state index contributed by atoms with van der Waals surface area (Å²) in [6, 6.07) is 51.5. The molecule has 10 aromatic rings. The van der Waals surface area contributed by atoms with Crippen molar-refractivity contribution in [3.63, 3.8) is 0 Å². The Morgan fingerprint density at radius 1 is 0.480 bits per heavy atom. The Balaban J connectivity index is 1.04. The zero-order valence-electron chi connectivity index (χ0n) is 27.2. The van der Waals surface area contributed by atoms with Crippen LogP contribution >= 0.6 is 11.3 Å². The van der Waals surface area contributed by atoms with Crippen molar-refractivity contribution in [1.82, 2.24) is 9.55 Å². The quantitative estimate of drug-likeness (QED) is 0.173. The molecule has 2 nitrogen and oxygen atoms in total. The smallest absolute Gasteiger partial charge is 0.138 e. The minimum atomic E-state index is 0.947. The van der Waals surface area contributed by atoms with E-state index >= 15 is 0 Å². The zero-order valence-corrected chi connectivity index (χ0v) is 28.0. The van der Waals surface area contributed by atoms with Gasteiger partial charge in [0.1, 0.15) is 5.82 Å². The van der Waals surface area contributed by atoms with Crippen molar-refractivity contribution in [3.05, 3.63) is 163 Å². The van der Waals surface area contributed by atoms with Crippen LogP contribution in [0.2, 0.25) is 0 Å². The number of hydrogen-bond acceptors (Lipinski definition) is 2. The molecule has 1 aliphatic rings. The highest BCUT2D eigenvalue weighted by Crippen LogP contribution is 2.41. The molecule has 0 atom stereocenters. The van der Waals surface area contributed by atoms with Crippen molar-refractivity contribution in [2.75, 3.05) is 0 Å². The van der Waals surface area contributed by atoms with Gasteiger partial charge in [0.25, 0.3) is 0 Å². The second-order valence-corrected chi connectivity index (χ2v) is 14.5. The highest BCUT2D eigenvalue weighted by molar-refractivity contribution is 7.25. The van der Waals surface area contributed by atoms with E-state index in [2.05, 4.69) is 162 Å². The summed E-state index contributed by atoms with van der Waals surface area (Å²) in [5.41, 5.74) is 10.1. The Kier molecular flexibility index (Phi) is 5.98. The monoisotopic (exact) mass is 654 g/mol. The predicted molar refractivity (Wildman–Crippen MR) is 215 cm³/mol. The number of aromatic nitrogens is 2. The van der Waals surface area contributed by atoms with E-state index in [0.717, 1.165) is 18.7 Å². The summed E-state index contributed by atoms with van der Waals surface area (Å²) in [5, 5.41) is 10.4. The fourth-order valence-electron chi connectivity index (χ4n) is 8.38. The number of para-hydroxylation sites is 2. The van der Waals surface area contributed by atoms with E-state index in [0.29, 0.717) is 0 Å². The van der Waals surface area contributed by atoms with Crippen LogP contribution in [0.15, 0.2) is 152 Å². The number of pyridine rings is 1. The molecule has 1 aliphatic carbocycles. The van der Waals surface area contributed by atoms with E-state index < -0.39 is 0 Å². The summed E-state index contributed by atoms with van der Waals surface area (Å²) in [6.45, 7) is 0. The van der Waals surface area contributed by atoms with E-state index in [1.54, 1.807) is 0 Å². The second-order valence-electron chi connectivity index (χ2n) is 13.4. The molecule has 50 heavy (non-hydrogen) atoms. The maximum atomic E-state index is 5.00. The zero-order chi connectivity index (χ0) is 32.8. The number of hydrogen-bond donors (Lipinski definition) is 0. The number of allylic oxidation sites excluding steroid dienone is 1. The van der Waals surface area contributed by atoms with Gasteiger partial charge in [-0.05, 0) is 110 Å². The van der Waals surface area contributed by atoms with Gasteiger partial charge in [-0.15, -0.1) is 11.3 Å². The van der Waals surface area contributed by atoms with Gasteiger partial charge >= 0.3 is 0 Å². The number of fused-ring (bicyclic) bond motifs is 12. The van der Waals surface area contributed by atoms with Crippen LogP contribution in [0.3, 0.4) is 0 Å². The Morgan fingerprint density at radius 3 is 1.90 bits per heavy atom. The average molecular weight is 655 g/mol. The number of benzene rings is 7. The first-order chi connectivity index (χ1) is 24.8. The van der Waals surface area contributed by atoms with Crippen LogP contribution in [0.4, 0.5) is 0 Å². The van der Waals surface area contributed by atoms with Crippen LogP contribution in [0.5, 0.6) is 0 Å². The van der Waals surface area contributed by atoms with Gasteiger partial charge in [-0.3, -0.25) is 4.57 Å². The van der Waals surface area contributed by atoms with Gasteiger partial charge in [-0.1, -0.05) is 109 Å². The van der Waals surface area contributed by atoms with Crippen LogP contribution in [-0.4, -0.2) is 9.55 Å². The molecule has 7 aromatic carbocycles. The topological polar surface area (TPSA) is 17.8 Å². The molecule has 0 saturated carbocycles. The van der Waals surface area contributed by atoms with Crippen LogP contribution in [-0.2, 0) is 6.42 Å². The molecular weight excluding hydrogens is 625 g/mol. The number of aryl methyl sites for hydroxylation is 1. The fourth-order valence-corrected chi connectivity index (χ4v) is 9.42. The van der Waals surface area contributed by atoms with E-state index in [-0.39, 0.29) is 0 Å². The van der Waals surface area contributed by atoms with Crippen LogP contribution in [0.1, 0.15) is 17.5 Å². The van der Waals surface area contributed by atoms with Crippen molar-refractivity contribution in [2.24, 2.45) is 0 Å². The standard InChI is InChI=1S/C47H30N2S/c1-2-14-35-33(12-1)34-13-3-4-15-36(34)40-25-31(20-22-37(35)40)29-10-9-11-30(24-29)32-21-23-45-41(26-32)42-27-47(48-28-46(42)50-45)49-43-18-7-5-16-38(43)39-17-6-8-19-44(39)49/h2-11,13-28H,1,12H2. The molecule has 0 bridgehead atoms. The third-order valence-corrected chi connectivity index (χ3v) is 11.8. The Labute approximate surface area is 293 Å². The summed E-state index contributed by atoms with van der Waals surface area (Å²) in [6.07, 6.45) is 8.92. The van der Waals surface area contributed by atoms with Gasteiger partial charge in [0.15, 0.2) is 0 Å². The number of thiophene rings is 1. The lowest BCUT2D eigenvalue weighted by atomic mass is 9.85. The van der Waals surface area contributed by atoms with Gasteiger partial charge < -0.3 is 0 Å². The summed E-state index contributed by atoms with van der Waals surface area (Å²) in [5.74, 6) is 0.947. The maximum Gasteiger partial charge on any atom is 0.138 e. The van der Waals surface area contributed by atoms with Crippen molar-refractivity contribution in [3.8, 4) is 28.1 Å². The molecule has 0 N–H and O–H groups in total. The number of nitrogens with zero attached hydrogens (tertiary/aromatic N) is 2. The first kappa shape index (κ1) is 27.9. The summed E-state index contributed by atoms with van der Waals surface area (Å²) in [4.78, 5) is 5.00. The maximum absolute atomic E-state index is 5.00. The lowest BCUT2D eigenvalue weighted by molar-refractivity contribution is 1.00. The molecule has 0 spiro atoms. The molecule has 3 heterocycles. The van der Waals surface area contributed by atoms with Gasteiger partial charge in [-0.25, -0.2) is 4.98 Å². The first-order valence-corrected chi connectivity index (χ1v) is 18.2. The Morgan fingerprint density at radius 2 is 1.12 bits per heavy atom. The molecular formula is C47H30N2S. The highest BCUT2D eigenvalue weighted by atomic mass is 32.1.